The maximum Gasteiger partial charge on any atom is 0.325 e. The number of aromatic nitrogens is 3. The van der Waals surface area contributed by atoms with Crippen LogP contribution in [-0.4, -0.2) is 45.7 Å². The van der Waals surface area contributed by atoms with Crippen LogP contribution >= 0.6 is 23.2 Å². The van der Waals surface area contributed by atoms with Gasteiger partial charge in [0.25, 0.3) is 11.8 Å². The standard InChI is InChI=1S/C23H21Cl2N5O4/c1-4-8-34-19(31)12-27-22(32)16-11-15(24)9-13(2)20(16)28-23(33)18-10-14(3)29-30(18)21-17(25)6-5-7-26-21/h4-7,9-11H,1,8,12H2,2-3H3,(H,27,32)(H,28,33). The minimum atomic E-state index is -0.635. The van der Waals surface area contributed by atoms with Gasteiger partial charge in [0.05, 0.1) is 22.0 Å². The van der Waals surface area contributed by atoms with Crippen molar-refractivity contribution in [2.75, 3.05) is 18.5 Å². The van der Waals surface area contributed by atoms with E-state index in [1.165, 1.54) is 23.0 Å². The van der Waals surface area contributed by atoms with Gasteiger partial charge in [0.1, 0.15) is 18.8 Å². The second kappa shape index (κ2) is 11.0. The van der Waals surface area contributed by atoms with Crippen LogP contribution in [0, 0.1) is 13.8 Å². The Hall–Kier alpha value is -3.69. The predicted octanol–water partition coefficient (Wildman–Crippen LogP) is 3.90. The van der Waals surface area contributed by atoms with Crippen molar-refractivity contribution in [1.82, 2.24) is 20.1 Å². The van der Waals surface area contributed by atoms with E-state index >= 15 is 0 Å². The molecule has 176 valence electrons. The fraction of sp³-hybridized carbons (Fsp3) is 0.174. The summed E-state index contributed by atoms with van der Waals surface area (Å²) >= 11 is 12.4. The molecule has 0 fully saturated rings. The Kier molecular flexibility index (Phi) is 8.04. The molecular formula is C23H21Cl2N5O4. The summed E-state index contributed by atoms with van der Waals surface area (Å²) in [6, 6.07) is 7.86. The monoisotopic (exact) mass is 501 g/mol. The van der Waals surface area contributed by atoms with Crippen molar-refractivity contribution in [1.29, 1.82) is 0 Å². The minimum Gasteiger partial charge on any atom is -0.460 e. The number of halogens is 2. The molecular weight excluding hydrogens is 481 g/mol. The topological polar surface area (TPSA) is 115 Å². The number of anilines is 1. The highest BCUT2D eigenvalue weighted by Gasteiger charge is 2.22. The van der Waals surface area contributed by atoms with E-state index in [0.717, 1.165) is 0 Å². The lowest BCUT2D eigenvalue weighted by molar-refractivity contribution is -0.141. The van der Waals surface area contributed by atoms with Crippen molar-refractivity contribution in [3.8, 4) is 5.82 Å². The highest BCUT2D eigenvalue weighted by atomic mass is 35.5. The Morgan fingerprint density at radius 1 is 1.18 bits per heavy atom. The molecule has 11 heteroatoms. The molecule has 0 atom stereocenters. The SMILES string of the molecule is C=CCOC(=O)CNC(=O)c1cc(Cl)cc(C)c1NC(=O)c1cc(C)nn1-c1ncccc1Cl. The number of nitrogens with zero attached hydrogens (tertiary/aromatic N) is 3. The molecule has 0 saturated heterocycles. The molecule has 2 heterocycles. The van der Waals surface area contributed by atoms with Gasteiger partial charge in [-0.05, 0) is 49.7 Å². The Bertz CT molecular complexity index is 1270. The van der Waals surface area contributed by atoms with Crippen LogP contribution in [0.4, 0.5) is 5.69 Å². The number of pyridine rings is 1. The molecule has 0 aliphatic heterocycles. The molecule has 0 bridgehead atoms. The molecule has 1 aromatic carbocycles. The first-order chi connectivity index (χ1) is 16.2. The smallest absolute Gasteiger partial charge is 0.325 e. The number of nitrogens with one attached hydrogen (secondary N) is 2. The van der Waals surface area contributed by atoms with Crippen LogP contribution in [0.1, 0.15) is 32.1 Å². The second-order valence-corrected chi connectivity index (χ2v) is 7.99. The van der Waals surface area contributed by atoms with E-state index in [0.29, 0.717) is 16.3 Å². The van der Waals surface area contributed by atoms with Crippen molar-refractivity contribution in [3.05, 3.63) is 81.7 Å². The van der Waals surface area contributed by atoms with Gasteiger partial charge in [-0.3, -0.25) is 14.4 Å². The highest BCUT2D eigenvalue weighted by Crippen LogP contribution is 2.27. The van der Waals surface area contributed by atoms with E-state index < -0.39 is 17.8 Å². The van der Waals surface area contributed by atoms with Gasteiger partial charge in [0.15, 0.2) is 5.82 Å². The Morgan fingerprint density at radius 3 is 2.65 bits per heavy atom. The predicted molar refractivity (Wildman–Crippen MR) is 129 cm³/mol. The molecule has 2 amide bonds. The zero-order chi connectivity index (χ0) is 24.8. The molecule has 2 N–H and O–H groups in total. The summed E-state index contributed by atoms with van der Waals surface area (Å²) in [4.78, 5) is 42.0. The third-order valence-corrected chi connectivity index (χ3v) is 5.06. The van der Waals surface area contributed by atoms with Gasteiger partial charge in [-0.25, -0.2) is 9.67 Å². The summed E-state index contributed by atoms with van der Waals surface area (Å²) in [6.07, 6.45) is 2.95. The van der Waals surface area contributed by atoms with E-state index in [1.807, 2.05) is 0 Å². The molecule has 9 nitrogen and oxygen atoms in total. The third-order valence-electron chi connectivity index (χ3n) is 4.54. The lowest BCUT2D eigenvalue weighted by Gasteiger charge is -2.15. The normalized spacial score (nSPS) is 10.5. The molecule has 0 radical (unpaired) electrons. The van der Waals surface area contributed by atoms with E-state index in [4.69, 9.17) is 27.9 Å². The number of amides is 2. The molecule has 0 spiro atoms. The largest absolute Gasteiger partial charge is 0.460 e. The van der Waals surface area contributed by atoms with Crippen molar-refractivity contribution < 1.29 is 19.1 Å². The third kappa shape index (κ3) is 5.81. The van der Waals surface area contributed by atoms with Gasteiger partial charge < -0.3 is 15.4 Å². The summed E-state index contributed by atoms with van der Waals surface area (Å²) in [5, 5.41) is 10.1. The van der Waals surface area contributed by atoms with Crippen molar-refractivity contribution in [3.63, 3.8) is 0 Å². The zero-order valence-electron chi connectivity index (χ0n) is 18.4. The first-order valence-corrected chi connectivity index (χ1v) is 10.8. The number of rotatable bonds is 8. The average Bonchev–Trinajstić information content (AvgIpc) is 3.19. The average molecular weight is 502 g/mol. The van der Waals surface area contributed by atoms with Crippen LogP contribution in [0.3, 0.4) is 0 Å². The highest BCUT2D eigenvalue weighted by molar-refractivity contribution is 6.32. The quantitative estimate of drug-likeness (QED) is 0.357. The lowest BCUT2D eigenvalue weighted by atomic mass is 10.1. The van der Waals surface area contributed by atoms with Gasteiger partial charge in [-0.2, -0.15) is 5.10 Å². The number of hydrogen-bond acceptors (Lipinski definition) is 6. The summed E-state index contributed by atoms with van der Waals surface area (Å²) < 4.78 is 6.18. The van der Waals surface area contributed by atoms with Crippen LogP contribution in [0.2, 0.25) is 10.0 Å². The fourth-order valence-electron chi connectivity index (χ4n) is 3.07. The molecule has 2 aromatic heterocycles. The van der Waals surface area contributed by atoms with E-state index in [9.17, 15) is 14.4 Å². The summed E-state index contributed by atoms with van der Waals surface area (Å²) in [6.45, 7) is 6.53. The van der Waals surface area contributed by atoms with Crippen LogP contribution in [-0.2, 0) is 9.53 Å². The zero-order valence-corrected chi connectivity index (χ0v) is 19.9. The van der Waals surface area contributed by atoms with Gasteiger partial charge in [0.2, 0.25) is 0 Å². The van der Waals surface area contributed by atoms with Gasteiger partial charge in [-0.1, -0.05) is 35.9 Å². The van der Waals surface area contributed by atoms with Gasteiger partial charge >= 0.3 is 5.97 Å². The Morgan fingerprint density at radius 2 is 1.94 bits per heavy atom. The van der Waals surface area contributed by atoms with E-state index in [-0.39, 0.29) is 40.9 Å². The van der Waals surface area contributed by atoms with Crippen LogP contribution in [0.25, 0.3) is 5.82 Å². The maximum absolute atomic E-state index is 13.2. The molecule has 3 rings (SSSR count). The fourth-order valence-corrected chi connectivity index (χ4v) is 3.55. The lowest BCUT2D eigenvalue weighted by Crippen LogP contribution is -2.31. The minimum absolute atomic E-state index is 0.0275. The van der Waals surface area contributed by atoms with Gasteiger partial charge in [0, 0.05) is 11.2 Å². The molecule has 3 aromatic rings. The number of carbonyl (C=O) groups is 3. The number of aryl methyl sites for hydroxylation is 2. The van der Waals surface area contributed by atoms with Crippen LogP contribution in [0.15, 0.2) is 49.2 Å². The van der Waals surface area contributed by atoms with Crippen molar-refractivity contribution in [2.24, 2.45) is 0 Å². The van der Waals surface area contributed by atoms with E-state index in [2.05, 4.69) is 27.3 Å². The second-order valence-electron chi connectivity index (χ2n) is 7.15. The summed E-state index contributed by atoms with van der Waals surface area (Å²) in [5.74, 6) is -1.52. The Labute approximate surface area is 205 Å². The van der Waals surface area contributed by atoms with Crippen molar-refractivity contribution >= 4 is 46.7 Å². The number of hydrogen-bond donors (Lipinski definition) is 2. The first kappa shape index (κ1) is 24.9. The molecule has 0 aliphatic carbocycles. The number of benzene rings is 1. The van der Waals surface area contributed by atoms with Crippen molar-refractivity contribution in [2.45, 2.75) is 13.8 Å². The number of esters is 1. The number of carbonyl (C=O) groups excluding carboxylic acids is 3. The van der Waals surface area contributed by atoms with Crippen LogP contribution in [0.5, 0.6) is 0 Å². The first-order valence-electron chi connectivity index (χ1n) is 10.0. The van der Waals surface area contributed by atoms with Gasteiger partial charge in [-0.15, -0.1) is 0 Å². The van der Waals surface area contributed by atoms with Crippen LogP contribution < -0.4 is 10.6 Å². The van der Waals surface area contributed by atoms with E-state index in [1.54, 1.807) is 38.1 Å². The summed E-state index contributed by atoms with van der Waals surface area (Å²) in [5.41, 5.74) is 1.57. The maximum atomic E-state index is 13.2. The molecule has 0 unspecified atom stereocenters. The molecule has 0 saturated carbocycles. The number of ether oxygens (including phenoxy) is 1. The molecule has 34 heavy (non-hydrogen) atoms. The molecule has 0 aliphatic rings. The Balaban J connectivity index is 1.90. The summed E-state index contributed by atoms with van der Waals surface area (Å²) in [7, 11) is 0.